The lowest BCUT2D eigenvalue weighted by atomic mass is 10.3. The number of carboxylic acids is 1. The average molecular weight is 229 g/mol. The van der Waals surface area contributed by atoms with E-state index in [1.165, 1.54) is 6.20 Å². The molecule has 0 saturated heterocycles. The van der Waals surface area contributed by atoms with Crippen molar-refractivity contribution in [1.82, 2.24) is 15.8 Å². The summed E-state index contributed by atoms with van der Waals surface area (Å²) in [6.07, 6.45) is 1.42. The maximum absolute atomic E-state index is 11.2. The third kappa shape index (κ3) is 3.58. The van der Waals surface area contributed by atoms with Crippen molar-refractivity contribution in [3.8, 4) is 0 Å². The standard InChI is InChI=1S/C8H11N3O5/c12-4-6(7(13)14)11-8(15)9-3-5-1-2-10-16-5/h1-2,6,12H,3-4H2,(H,13,14)(H2,9,11,15)/t6-/m1/s1. The Balaban J connectivity index is 2.33. The maximum atomic E-state index is 11.2. The van der Waals surface area contributed by atoms with Crippen LogP contribution >= 0.6 is 0 Å². The molecule has 4 N–H and O–H groups in total. The quantitative estimate of drug-likeness (QED) is 0.509. The van der Waals surface area contributed by atoms with E-state index in [2.05, 4.69) is 15.8 Å². The zero-order valence-corrected chi connectivity index (χ0v) is 8.21. The lowest BCUT2D eigenvalue weighted by Gasteiger charge is -2.11. The van der Waals surface area contributed by atoms with Crippen molar-refractivity contribution < 1.29 is 24.3 Å². The molecule has 0 aliphatic heterocycles. The third-order valence-electron chi connectivity index (χ3n) is 1.70. The van der Waals surface area contributed by atoms with E-state index in [0.29, 0.717) is 5.76 Å². The van der Waals surface area contributed by atoms with Gasteiger partial charge in [0, 0.05) is 6.07 Å². The van der Waals surface area contributed by atoms with Crippen LogP contribution in [0.15, 0.2) is 16.8 Å². The number of rotatable bonds is 5. The van der Waals surface area contributed by atoms with Gasteiger partial charge in [-0.1, -0.05) is 5.16 Å². The Morgan fingerprint density at radius 2 is 2.31 bits per heavy atom. The molecule has 1 rings (SSSR count). The zero-order valence-electron chi connectivity index (χ0n) is 8.21. The minimum Gasteiger partial charge on any atom is -0.480 e. The summed E-state index contributed by atoms with van der Waals surface area (Å²) in [6.45, 7) is -0.589. The summed E-state index contributed by atoms with van der Waals surface area (Å²) in [7, 11) is 0. The second-order valence-electron chi connectivity index (χ2n) is 2.88. The van der Waals surface area contributed by atoms with Crippen molar-refractivity contribution in [2.75, 3.05) is 6.61 Å². The van der Waals surface area contributed by atoms with Gasteiger partial charge in [0.25, 0.3) is 0 Å². The van der Waals surface area contributed by atoms with E-state index in [4.69, 9.17) is 14.7 Å². The number of hydrogen-bond donors (Lipinski definition) is 4. The third-order valence-corrected chi connectivity index (χ3v) is 1.70. The van der Waals surface area contributed by atoms with Gasteiger partial charge in [-0.25, -0.2) is 9.59 Å². The van der Waals surface area contributed by atoms with Crippen molar-refractivity contribution in [3.63, 3.8) is 0 Å². The van der Waals surface area contributed by atoms with E-state index in [1.54, 1.807) is 6.07 Å². The first-order valence-corrected chi connectivity index (χ1v) is 4.41. The second kappa shape index (κ2) is 5.71. The summed E-state index contributed by atoms with van der Waals surface area (Å²) in [5.74, 6) is -0.872. The molecule has 2 amide bonds. The Bertz CT molecular complexity index is 351. The molecule has 0 saturated carbocycles. The van der Waals surface area contributed by atoms with Crippen molar-refractivity contribution in [2.45, 2.75) is 12.6 Å². The summed E-state index contributed by atoms with van der Waals surface area (Å²) in [6, 6.07) is -0.478. The van der Waals surface area contributed by atoms with Gasteiger partial charge in [-0.2, -0.15) is 0 Å². The lowest BCUT2D eigenvalue weighted by molar-refractivity contribution is -0.140. The SMILES string of the molecule is O=C(NCc1ccno1)N[C@H](CO)C(=O)O. The Hall–Kier alpha value is -2.09. The molecule has 88 valence electrons. The number of urea groups is 1. The minimum absolute atomic E-state index is 0.0869. The molecule has 0 spiro atoms. The fourth-order valence-corrected chi connectivity index (χ4v) is 0.895. The van der Waals surface area contributed by atoms with Crippen LogP contribution in [0.2, 0.25) is 0 Å². The highest BCUT2D eigenvalue weighted by molar-refractivity contribution is 5.82. The number of hydrogen-bond acceptors (Lipinski definition) is 5. The number of aliphatic hydroxyl groups excluding tert-OH is 1. The highest BCUT2D eigenvalue weighted by atomic mass is 16.5. The van der Waals surface area contributed by atoms with Gasteiger partial charge in [-0.15, -0.1) is 0 Å². The summed E-state index contributed by atoms with van der Waals surface area (Å²) >= 11 is 0. The summed E-state index contributed by atoms with van der Waals surface area (Å²) < 4.78 is 4.70. The monoisotopic (exact) mass is 229 g/mol. The Labute approximate surface area is 90.2 Å². The van der Waals surface area contributed by atoms with E-state index in [1.807, 2.05) is 0 Å². The number of aromatic nitrogens is 1. The van der Waals surface area contributed by atoms with E-state index in [9.17, 15) is 9.59 Å². The highest BCUT2D eigenvalue weighted by Gasteiger charge is 2.18. The normalized spacial score (nSPS) is 11.8. The van der Waals surface area contributed by atoms with E-state index in [0.717, 1.165) is 0 Å². The second-order valence-corrected chi connectivity index (χ2v) is 2.88. The van der Waals surface area contributed by atoms with Gasteiger partial charge in [0.1, 0.15) is 0 Å². The van der Waals surface area contributed by atoms with Crippen LogP contribution in [0.3, 0.4) is 0 Å². The van der Waals surface area contributed by atoms with Gasteiger partial charge in [-0.3, -0.25) is 0 Å². The van der Waals surface area contributed by atoms with Crippen molar-refractivity contribution in [3.05, 3.63) is 18.0 Å². The first-order chi connectivity index (χ1) is 7.63. The molecule has 16 heavy (non-hydrogen) atoms. The van der Waals surface area contributed by atoms with Crippen LogP contribution in [0.1, 0.15) is 5.76 Å². The molecule has 1 atom stereocenters. The molecule has 0 aliphatic carbocycles. The summed E-state index contributed by atoms with van der Waals surface area (Å²) in [5.41, 5.74) is 0. The molecule has 0 radical (unpaired) electrons. The lowest BCUT2D eigenvalue weighted by Crippen LogP contribution is -2.47. The van der Waals surface area contributed by atoms with Crippen LogP contribution < -0.4 is 10.6 Å². The van der Waals surface area contributed by atoms with Crippen LogP contribution in [-0.2, 0) is 11.3 Å². The molecule has 0 fully saturated rings. The predicted molar refractivity (Wildman–Crippen MR) is 50.4 cm³/mol. The van der Waals surface area contributed by atoms with Crippen LogP contribution in [0, 0.1) is 0 Å². The molecule has 1 heterocycles. The van der Waals surface area contributed by atoms with Gasteiger partial charge in [0.2, 0.25) is 0 Å². The average Bonchev–Trinajstić information content (AvgIpc) is 2.75. The predicted octanol–water partition coefficient (Wildman–Crippen LogP) is -1.08. The summed E-state index contributed by atoms with van der Waals surface area (Å²) in [5, 5.41) is 25.0. The van der Waals surface area contributed by atoms with Crippen LogP contribution in [0.25, 0.3) is 0 Å². The number of carbonyl (C=O) groups excluding carboxylic acids is 1. The molecule has 0 aromatic carbocycles. The molecule has 0 bridgehead atoms. The maximum Gasteiger partial charge on any atom is 0.328 e. The van der Waals surface area contributed by atoms with Gasteiger partial charge in [0.15, 0.2) is 11.8 Å². The van der Waals surface area contributed by atoms with E-state index < -0.39 is 24.6 Å². The molecular weight excluding hydrogens is 218 g/mol. The van der Waals surface area contributed by atoms with Gasteiger partial charge < -0.3 is 25.4 Å². The molecule has 1 aromatic rings. The smallest absolute Gasteiger partial charge is 0.328 e. The molecule has 0 aliphatic rings. The molecular formula is C8H11N3O5. The van der Waals surface area contributed by atoms with Crippen molar-refractivity contribution in [2.24, 2.45) is 0 Å². The Morgan fingerprint density at radius 1 is 1.56 bits per heavy atom. The van der Waals surface area contributed by atoms with Gasteiger partial charge in [0.05, 0.1) is 19.3 Å². The van der Waals surface area contributed by atoms with Crippen LogP contribution in [-0.4, -0.2) is 40.0 Å². The number of aliphatic carboxylic acids is 1. The Kier molecular flexibility index (Phi) is 4.28. The number of nitrogens with one attached hydrogen (secondary N) is 2. The van der Waals surface area contributed by atoms with Crippen molar-refractivity contribution in [1.29, 1.82) is 0 Å². The number of aliphatic hydroxyl groups is 1. The largest absolute Gasteiger partial charge is 0.480 e. The van der Waals surface area contributed by atoms with Crippen LogP contribution in [0.5, 0.6) is 0 Å². The molecule has 8 nitrogen and oxygen atoms in total. The van der Waals surface area contributed by atoms with Gasteiger partial charge >= 0.3 is 12.0 Å². The fourth-order valence-electron chi connectivity index (χ4n) is 0.895. The first-order valence-electron chi connectivity index (χ1n) is 4.41. The molecule has 1 aromatic heterocycles. The number of carboxylic acid groups (broad SMARTS) is 1. The summed E-state index contributed by atoms with van der Waals surface area (Å²) in [4.78, 5) is 21.6. The fraction of sp³-hybridized carbons (Fsp3) is 0.375. The van der Waals surface area contributed by atoms with Gasteiger partial charge in [-0.05, 0) is 0 Å². The molecule has 0 unspecified atom stereocenters. The minimum atomic E-state index is -1.32. The number of carbonyl (C=O) groups is 2. The van der Waals surface area contributed by atoms with Crippen molar-refractivity contribution >= 4 is 12.0 Å². The zero-order chi connectivity index (χ0) is 12.0. The first kappa shape index (κ1) is 12.0. The number of amides is 2. The molecule has 8 heteroatoms. The highest BCUT2D eigenvalue weighted by Crippen LogP contribution is 1.94. The Morgan fingerprint density at radius 3 is 2.81 bits per heavy atom. The van der Waals surface area contributed by atoms with Crippen LogP contribution in [0.4, 0.5) is 4.79 Å². The van der Waals surface area contributed by atoms with E-state index in [-0.39, 0.29) is 6.54 Å². The topological polar surface area (TPSA) is 125 Å². The number of nitrogens with zero attached hydrogens (tertiary/aromatic N) is 1. The van der Waals surface area contributed by atoms with E-state index >= 15 is 0 Å².